The Morgan fingerprint density at radius 2 is 1.92 bits per heavy atom. The number of nitrogens with one attached hydrogen (secondary N) is 1. The molecule has 0 aliphatic carbocycles. The normalized spacial score (nSPS) is 17.1. The lowest BCUT2D eigenvalue weighted by Gasteiger charge is -2.34. The highest BCUT2D eigenvalue weighted by Crippen LogP contribution is 2.32. The van der Waals surface area contributed by atoms with E-state index < -0.39 is 63.0 Å². The summed E-state index contributed by atoms with van der Waals surface area (Å²) in [4.78, 5) is 16.3. The second-order valence-electron chi connectivity index (χ2n) is 8.48. The first-order valence-electron chi connectivity index (χ1n) is 10.5. The number of pyridine rings is 2. The van der Waals surface area contributed by atoms with Crippen LogP contribution in [0.5, 0.6) is 17.4 Å². The second kappa shape index (κ2) is 9.19. The Bertz CT molecular complexity index is 1410. The Kier molecular flexibility index (Phi) is 6.53. The molecule has 1 aliphatic rings. The molecule has 15 heteroatoms. The largest absolute Gasteiger partial charge is 0.478 e. The summed E-state index contributed by atoms with van der Waals surface area (Å²) in [5, 5.41) is 6.55. The quantitative estimate of drug-likeness (QED) is 0.483. The molecule has 0 bridgehead atoms. The molecule has 0 spiro atoms. The van der Waals surface area contributed by atoms with Gasteiger partial charge >= 0.3 is 6.18 Å². The maximum atomic E-state index is 15.1. The van der Waals surface area contributed by atoms with Gasteiger partial charge in [0.05, 0.1) is 17.7 Å². The van der Waals surface area contributed by atoms with Gasteiger partial charge in [0.1, 0.15) is 26.9 Å². The van der Waals surface area contributed by atoms with Crippen LogP contribution in [-0.4, -0.2) is 58.8 Å². The van der Waals surface area contributed by atoms with Crippen LogP contribution < -0.4 is 14.8 Å². The zero-order valence-electron chi connectivity index (χ0n) is 18.6. The lowest BCUT2D eigenvalue weighted by molar-refractivity contribution is -0.153. The van der Waals surface area contributed by atoms with E-state index in [1.165, 1.54) is 12.3 Å². The molecule has 0 saturated carbocycles. The molecule has 1 fully saturated rings. The van der Waals surface area contributed by atoms with E-state index in [9.17, 15) is 30.8 Å². The van der Waals surface area contributed by atoms with Gasteiger partial charge in [0.25, 0.3) is 11.8 Å². The van der Waals surface area contributed by atoms with Gasteiger partial charge in [-0.25, -0.2) is 26.7 Å². The fraction of sp³-hybridized carbons (Fsp3) is 0.381. The topological polar surface area (TPSA) is 112 Å². The number of ether oxygens (including phenoxy) is 2. The van der Waals surface area contributed by atoms with E-state index in [2.05, 4.69) is 20.1 Å². The van der Waals surface area contributed by atoms with Gasteiger partial charge in [0.15, 0.2) is 23.9 Å². The number of rotatable bonds is 6. The van der Waals surface area contributed by atoms with Gasteiger partial charge in [0, 0.05) is 23.9 Å². The minimum absolute atomic E-state index is 0.103. The maximum absolute atomic E-state index is 15.1. The van der Waals surface area contributed by atoms with Crippen molar-refractivity contribution in [3.05, 3.63) is 47.9 Å². The number of halogens is 5. The van der Waals surface area contributed by atoms with Crippen molar-refractivity contribution in [1.82, 2.24) is 19.9 Å². The zero-order chi connectivity index (χ0) is 26.3. The minimum atomic E-state index is -4.69. The van der Waals surface area contributed by atoms with Crippen molar-refractivity contribution in [2.24, 2.45) is 0 Å². The van der Waals surface area contributed by atoms with Gasteiger partial charge in [-0.1, -0.05) is 0 Å². The molecule has 194 valence electrons. The predicted octanol–water partition coefficient (Wildman–Crippen LogP) is 3.44. The average Bonchev–Trinajstić information content (AvgIpc) is 3.12. The van der Waals surface area contributed by atoms with Crippen molar-refractivity contribution in [1.29, 1.82) is 0 Å². The van der Waals surface area contributed by atoms with E-state index in [0.29, 0.717) is 12.3 Å². The Morgan fingerprint density at radius 3 is 2.58 bits per heavy atom. The molecular weight excluding hydrogens is 515 g/mol. The van der Waals surface area contributed by atoms with Crippen LogP contribution in [0.1, 0.15) is 30.3 Å². The van der Waals surface area contributed by atoms with Gasteiger partial charge in [-0.15, -0.1) is 0 Å². The third-order valence-corrected chi connectivity index (χ3v) is 7.15. The first-order chi connectivity index (χ1) is 16.7. The maximum Gasteiger partial charge on any atom is 0.422 e. The summed E-state index contributed by atoms with van der Waals surface area (Å²) in [6.07, 6.45) is -2.43. The van der Waals surface area contributed by atoms with Crippen molar-refractivity contribution >= 4 is 21.3 Å². The number of hydrogen-bond donors (Lipinski definition) is 1. The summed E-state index contributed by atoms with van der Waals surface area (Å²) in [5.41, 5.74) is -1.61. The first-order valence-corrected chi connectivity index (χ1v) is 12.3. The Morgan fingerprint density at radius 1 is 1.22 bits per heavy atom. The molecule has 3 aromatic heterocycles. The van der Waals surface area contributed by atoms with Crippen molar-refractivity contribution in [2.75, 3.05) is 18.1 Å². The Hall–Kier alpha value is -3.49. The fourth-order valence-corrected chi connectivity index (χ4v) is 5.24. The number of nitrogens with zero attached hydrogens (tertiary/aromatic N) is 3. The van der Waals surface area contributed by atoms with Crippen LogP contribution >= 0.6 is 0 Å². The van der Waals surface area contributed by atoms with Gasteiger partial charge < -0.3 is 14.8 Å². The van der Waals surface area contributed by atoms with Crippen molar-refractivity contribution < 1.29 is 44.6 Å². The molecule has 1 saturated heterocycles. The smallest absolute Gasteiger partial charge is 0.422 e. The number of alkyl halides is 3. The summed E-state index contributed by atoms with van der Waals surface area (Å²) in [6, 6.07) is 3.05. The molecule has 4 heterocycles. The van der Waals surface area contributed by atoms with Gasteiger partial charge in [-0.3, -0.25) is 4.79 Å². The molecule has 9 nitrogen and oxygen atoms in total. The molecule has 3 aromatic rings. The van der Waals surface area contributed by atoms with Gasteiger partial charge in [-0.2, -0.15) is 18.3 Å². The van der Waals surface area contributed by atoms with Crippen LogP contribution in [0.4, 0.5) is 22.0 Å². The molecule has 1 N–H and O–H groups in total. The van der Waals surface area contributed by atoms with Crippen molar-refractivity contribution in [3.63, 3.8) is 0 Å². The predicted molar refractivity (Wildman–Crippen MR) is 115 cm³/mol. The minimum Gasteiger partial charge on any atom is -0.478 e. The molecule has 4 rings (SSSR count). The molecule has 0 aromatic carbocycles. The first kappa shape index (κ1) is 25.6. The van der Waals surface area contributed by atoms with Crippen molar-refractivity contribution in [3.8, 4) is 17.4 Å². The molecule has 36 heavy (non-hydrogen) atoms. The van der Waals surface area contributed by atoms with Crippen LogP contribution in [0, 0.1) is 11.6 Å². The second-order valence-corrected chi connectivity index (χ2v) is 10.8. The summed E-state index contributed by atoms with van der Waals surface area (Å²) in [6.45, 7) is -0.0541. The van der Waals surface area contributed by atoms with Crippen LogP contribution in [0.25, 0.3) is 5.52 Å². The number of carbonyl (C=O) groups is 1. The number of sulfone groups is 1. The number of aromatic nitrogens is 3. The highest BCUT2D eigenvalue weighted by atomic mass is 32.2. The average molecular weight is 534 g/mol. The summed E-state index contributed by atoms with van der Waals surface area (Å²) >= 11 is 0. The van der Waals surface area contributed by atoms with Crippen LogP contribution in [-0.2, 0) is 9.84 Å². The van der Waals surface area contributed by atoms with Crippen LogP contribution in [0.3, 0.4) is 0 Å². The third-order valence-electron chi connectivity index (χ3n) is 5.50. The molecule has 1 aliphatic heterocycles. The molecule has 0 unspecified atom stereocenters. The standard InChI is InChI=1S/C21H19F5N4O5S/c1-20(3-6-36(32,33)7-4-20)28-18(31)17-16(23)14-9-13(2-5-30(14)29-17)35-19-15(8-12(22)10-27-19)34-11-21(24,25)26/h2,5,8-10H,3-4,6-7,11H2,1H3,(H,28,31). The monoisotopic (exact) mass is 534 g/mol. The summed E-state index contributed by atoms with van der Waals surface area (Å²) in [7, 11) is -3.18. The number of carbonyl (C=O) groups excluding carboxylic acids is 1. The van der Waals surface area contributed by atoms with E-state index in [0.717, 1.165) is 10.6 Å². The molecular formula is C21H19F5N4O5S. The lowest BCUT2D eigenvalue weighted by atomic mass is 9.94. The van der Waals surface area contributed by atoms with E-state index >= 15 is 4.39 Å². The Labute approximate surface area is 201 Å². The van der Waals surface area contributed by atoms with E-state index in [4.69, 9.17) is 4.74 Å². The van der Waals surface area contributed by atoms with E-state index in [-0.39, 0.29) is 35.6 Å². The number of amides is 1. The van der Waals surface area contributed by atoms with Crippen molar-refractivity contribution in [2.45, 2.75) is 31.5 Å². The SMILES string of the molecule is CC1(NC(=O)c2nn3ccc(Oc4ncc(F)cc4OCC(F)(F)F)cc3c2F)CCS(=O)(=O)CC1. The highest BCUT2D eigenvalue weighted by molar-refractivity contribution is 7.91. The fourth-order valence-electron chi connectivity index (χ4n) is 3.51. The summed E-state index contributed by atoms with van der Waals surface area (Å²) in [5.74, 6) is -4.25. The molecule has 1 amide bonds. The van der Waals surface area contributed by atoms with Crippen LogP contribution in [0.15, 0.2) is 30.6 Å². The lowest BCUT2D eigenvalue weighted by Crippen LogP contribution is -2.51. The highest BCUT2D eigenvalue weighted by Gasteiger charge is 2.36. The molecule has 0 radical (unpaired) electrons. The Balaban J connectivity index is 1.55. The number of hydrogen-bond acceptors (Lipinski definition) is 7. The van der Waals surface area contributed by atoms with E-state index in [1.807, 2.05) is 0 Å². The van der Waals surface area contributed by atoms with Gasteiger partial charge in [-0.05, 0) is 25.8 Å². The molecule has 0 atom stereocenters. The number of fused-ring (bicyclic) bond motifs is 1. The summed E-state index contributed by atoms with van der Waals surface area (Å²) < 4.78 is 100. The van der Waals surface area contributed by atoms with Crippen LogP contribution in [0.2, 0.25) is 0 Å². The van der Waals surface area contributed by atoms with E-state index in [1.54, 1.807) is 6.92 Å². The third kappa shape index (κ3) is 5.83. The zero-order valence-corrected chi connectivity index (χ0v) is 19.4. The van der Waals surface area contributed by atoms with Gasteiger partial charge in [0.2, 0.25) is 0 Å².